The number of pyridine rings is 1. The van der Waals surface area contributed by atoms with Crippen molar-refractivity contribution in [3.05, 3.63) is 40.3 Å². The van der Waals surface area contributed by atoms with Gasteiger partial charge < -0.3 is 9.80 Å². The van der Waals surface area contributed by atoms with E-state index >= 15 is 0 Å². The smallest absolute Gasteiger partial charge is 0.355 e. The molecule has 9 heteroatoms. The lowest BCUT2D eigenvalue weighted by Crippen LogP contribution is -2.29. The molecule has 0 amide bonds. The molecule has 0 saturated carbocycles. The maximum absolute atomic E-state index is 13.3. The summed E-state index contributed by atoms with van der Waals surface area (Å²) >= 11 is 6.27. The summed E-state index contributed by atoms with van der Waals surface area (Å²) in [6.45, 7) is 0.755. The number of aromatic nitrogens is 3. The number of nitrogens with zero attached hydrogens (tertiary/aromatic N) is 5. The zero-order chi connectivity index (χ0) is 18.2. The van der Waals surface area contributed by atoms with Gasteiger partial charge in [-0.1, -0.05) is 11.6 Å². The summed E-state index contributed by atoms with van der Waals surface area (Å²) in [4.78, 5) is 16.1. The van der Waals surface area contributed by atoms with Crippen LogP contribution in [0.1, 0.15) is 16.8 Å². The number of rotatable bonds is 2. The number of hydrogen-bond donors (Lipinski definition) is 0. The molecule has 3 heterocycles. The number of hydrogen-bond acceptors (Lipinski definition) is 5. The molecule has 134 valence electrons. The van der Waals surface area contributed by atoms with Gasteiger partial charge in [-0.05, 0) is 18.6 Å². The Morgan fingerprint density at radius 1 is 1.16 bits per heavy atom. The van der Waals surface area contributed by atoms with Crippen LogP contribution in [0.4, 0.5) is 24.9 Å². The van der Waals surface area contributed by atoms with Crippen LogP contribution in [-0.4, -0.2) is 42.1 Å². The van der Waals surface area contributed by atoms with Gasteiger partial charge in [0.15, 0.2) is 0 Å². The molecule has 0 aromatic carbocycles. The standard InChI is InChI=1S/C16H17ClF3N5/c1-24(2)15-22-12-6-9-25(8-5-10(12)13(17)23-15)14-11(16(18,19)20)4-3-7-21-14/h3-4,7H,5-6,8-9H2,1-2H3. The van der Waals surface area contributed by atoms with Gasteiger partial charge in [0.05, 0.1) is 11.3 Å². The minimum Gasteiger partial charge on any atom is -0.355 e. The van der Waals surface area contributed by atoms with Crippen molar-refractivity contribution in [1.82, 2.24) is 15.0 Å². The van der Waals surface area contributed by atoms with Gasteiger partial charge in [0.1, 0.15) is 11.0 Å². The van der Waals surface area contributed by atoms with Crippen LogP contribution in [0.2, 0.25) is 5.15 Å². The quantitative estimate of drug-likeness (QED) is 0.758. The highest BCUT2D eigenvalue weighted by atomic mass is 35.5. The van der Waals surface area contributed by atoms with Gasteiger partial charge >= 0.3 is 6.18 Å². The molecule has 0 N–H and O–H groups in total. The molecule has 0 saturated heterocycles. The molecular formula is C16H17ClF3N5. The highest BCUT2D eigenvalue weighted by Gasteiger charge is 2.36. The van der Waals surface area contributed by atoms with Crippen molar-refractivity contribution < 1.29 is 13.2 Å². The highest BCUT2D eigenvalue weighted by Crippen LogP contribution is 2.36. The molecule has 0 aliphatic carbocycles. The Kier molecular flexibility index (Phi) is 4.73. The summed E-state index contributed by atoms with van der Waals surface area (Å²) in [6.07, 6.45) is -2.13. The van der Waals surface area contributed by atoms with Crippen LogP contribution < -0.4 is 9.80 Å². The van der Waals surface area contributed by atoms with Crippen molar-refractivity contribution in [1.29, 1.82) is 0 Å². The summed E-state index contributed by atoms with van der Waals surface area (Å²) in [5, 5.41) is 0.354. The van der Waals surface area contributed by atoms with Crippen LogP contribution in [0.3, 0.4) is 0 Å². The van der Waals surface area contributed by atoms with E-state index in [1.54, 1.807) is 9.80 Å². The third-order valence-corrected chi connectivity index (χ3v) is 4.38. The van der Waals surface area contributed by atoms with E-state index in [0.29, 0.717) is 37.0 Å². The van der Waals surface area contributed by atoms with E-state index in [9.17, 15) is 13.2 Å². The van der Waals surface area contributed by atoms with Crippen molar-refractivity contribution in [3.8, 4) is 0 Å². The van der Waals surface area contributed by atoms with Crippen molar-refractivity contribution >= 4 is 23.4 Å². The van der Waals surface area contributed by atoms with Gasteiger partial charge in [-0.2, -0.15) is 13.2 Å². The fourth-order valence-electron chi connectivity index (χ4n) is 2.82. The summed E-state index contributed by atoms with van der Waals surface area (Å²) in [5.74, 6) is 0.436. The SMILES string of the molecule is CN(C)c1nc(Cl)c2c(n1)CCN(c1ncccc1C(F)(F)F)CC2. The van der Waals surface area contributed by atoms with Crippen molar-refractivity contribution in [2.75, 3.05) is 37.0 Å². The van der Waals surface area contributed by atoms with Crippen molar-refractivity contribution in [2.45, 2.75) is 19.0 Å². The third-order valence-electron chi connectivity index (χ3n) is 4.07. The van der Waals surface area contributed by atoms with Gasteiger partial charge in [0.25, 0.3) is 0 Å². The lowest BCUT2D eigenvalue weighted by molar-refractivity contribution is -0.137. The van der Waals surface area contributed by atoms with E-state index in [-0.39, 0.29) is 5.82 Å². The molecule has 3 rings (SSSR count). The van der Waals surface area contributed by atoms with Gasteiger partial charge in [0.2, 0.25) is 5.95 Å². The predicted molar refractivity (Wildman–Crippen MR) is 90.2 cm³/mol. The normalized spacial score (nSPS) is 14.9. The van der Waals surface area contributed by atoms with Crippen LogP contribution in [0, 0.1) is 0 Å². The molecule has 0 fully saturated rings. The zero-order valence-corrected chi connectivity index (χ0v) is 14.6. The largest absolute Gasteiger partial charge is 0.419 e. The summed E-state index contributed by atoms with van der Waals surface area (Å²) < 4.78 is 39.8. The monoisotopic (exact) mass is 371 g/mol. The molecular weight excluding hydrogens is 355 g/mol. The Bertz CT molecular complexity index is 779. The van der Waals surface area contributed by atoms with Crippen LogP contribution in [0.15, 0.2) is 18.3 Å². The van der Waals surface area contributed by atoms with Gasteiger partial charge in [0, 0.05) is 45.4 Å². The molecule has 25 heavy (non-hydrogen) atoms. The maximum atomic E-state index is 13.3. The fourth-order valence-corrected chi connectivity index (χ4v) is 3.10. The van der Waals surface area contributed by atoms with Crippen molar-refractivity contribution in [3.63, 3.8) is 0 Å². The Morgan fingerprint density at radius 2 is 1.88 bits per heavy atom. The third kappa shape index (κ3) is 3.63. The first-order valence-electron chi connectivity index (χ1n) is 7.77. The number of alkyl halides is 3. The van der Waals surface area contributed by atoms with E-state index in [1.165, 1.54) is 12.3 Å². The summed E-state index contributed by atoms with van der Waals surface area (Å²) in [6, 6.07) is 2.35. The molecule has 1 aliphatic rings. The van der Waals surface area contributed by atoms with E-state index in [1.807, 2.05) is 14.1 Å². The average Bonchev–Trinajstić information content (AvgIpc) is 2.77. The molecule has 0 radical (unpaired) electrons. The minimum absolute atomic E-state index is 0.0558. The topological polar surface area (TPSA) is 45.2 Å². The van der Waals surface area contributed by atoms with E-state index in [0.717, 1.165) is 17.3 Å². The number of anilines is 2. The second kappa shape index (κ2) is 6.67. The Hall–Kier alpha value is -2.09. The maximum Gasteiger partial charge on any atom is 0.419 e. The lowest BCUT2D eigenvalue weighted by Gasteiger charge is -2.24. The van der Waals surface area contributed by atoms with Gasteiger partial charge in [-0.15, -0.1) is 0 Å². The van der Waals surface area contributed by atoms with Crippen LogP contribution in [0.25, 0.3) is 0 Å². The first-order chi connectivity index (χ1) is 11.8. The van der Waals surface area contributed by atoms with Crippen LogP contribution in [0.5, 0.6) is 0 Å². The molecule has 5 nitrogen and oxygen atoms in total. The van der Waals surface area contributed by atoms with E-state index in [2.05, 4.69) is 15.0 Å². The predicted octanol–water partition coefficient (Wildman–Crippen LogP) is 3.22. The molecule has 0 bridgehead atoms. The van der Waals surface area contributed by atoms with Gasteiger partial charge in [-0.3, -0.25) is 0 Å². The molecule has 0 atom stereocenters. The molecule has 2 aromatic heterocycles. The average molecular weight is 372 g/mol. The zero-order valence-electron chi connectivity index (χ0n) is 13.8. The summed E-state index contributed by atoms with van der Waals surface area (Å²) in [7, 11) is 3.62. The lowest BCUT2D eigenvalue weighted by atomic mass is 10.1. The molecule has 0 spiro atoms. The van der Waals surface area contributed by atoms with E-state index < -0.39 is 11.7 Å². The number of fused-ring (bicyclic) bond motifs is 1. The van der Waals surface area contributed by atoms with Gasteiger partial charge in [-0.25, -0.2) is 15.0 Å². The Balaban J connectivity index is 1.92. The molecule has 0 unspecified atom stereocenters. The summed E-state index contributed by atoms with van der Waals surface area (Å²) in [5.41, 5.74) is 0.835. The Labute approximate surface area is 148 Å². The Morgan fingerprint density at radius 3 is 2.56 bits per heavy atom. The second-order valence-corrected chi connectivity index (χ2v) is 6.35. The number of halogens is 4. The first-order valence-corrected chi connectivity index (χ1v) is 8.15. The van der Waals surface area contributed by atoms with Crippen molar-refractivity contribution in [2.24, 2.45) is 0 Å². The van der Waals surface area contributed by atoms with E-state index in [4.69, 9.17) is 11.6 Å². The first kappa shape index (κ1) is 17.7. The molecule has 2 aromatic rings. The molecule has 1 aliphatic heterocycles. The fraction of sp³-hybridized carbons (Fsp3) is 0.438. The minimum atomic E-state index is -4.45. The highest BCUT2D eigenvalue weighted by molar-refractivity contribution is 6.30. The second-order valence-electron chi connectivity index (χ2n) is 5.99. The van der Waals surface area contributed by atoms with Crippen LogP contribution in [-0.2, 0) is 19.0 Å². The van der Waals surface area contributed by atoms with Crippen LogP contribution >= 0.6 is 11.6 Å².